The molecule has 0 radical (unpaired) electrons. The number of anilines is 1. The van der Waals surface area contributed by atoms with E-state index in [1.54, 1.807) is 42.1 Å². The van der Waals surface area contributed by atoms with Crippen molar-refractivity contribution in [3.63, 3.8) is 0 Å². The Kier molecular flexibility index (Phi) is 9.21. The molecule has 0 bridgehead atoms. The van der Waals surface area contributed by atoms with Gasteiger partial charge in [-0.3, -0.25) is 9.59 Å². The Hall–Kier alpha value is -3.52. The van der Waals surface area contributed by atoms with Crippen LogP contribution < -0.4 is 14.8 Å². The van der Waals surface area contributed by atoms with Gasteiger partial charge >= 0.3 is 0 Å². The Morgan fingerprint density at radius 3 is 2.35 bits per heavy atom. The Balaban J connectivity index is 1.88. The van der Waals surface area contributed by atoms with E-state index in [2.05, 4.69) is 26.1 Å². The summed E-state index contributed by atoms with van der Waals surface area (Å²) in [4.78, 5) is 28.3. The van der Waals surface area contributed by atoms with E-state index in [0.717, 1.165) is 24.2 Å². The summed E-state index contributed by atoms with van der Waals surface area (Å²) in [6.45, 7) is 8.52. The summed E-state index contributed by atoms with van der Waals surface area (Å²) in [7, 11) is 3.05. The van der Waals surface area contributed by atoms with E-state index in [4.69, 9.17) is 26.2 Å². The third-order valence-electron chi connectivity index (χ3n) is 5.86. The zero-order chi connectivity index (χ0) is 27.2. The molecule has 0 unspecified atom stereocenters. The van der Waals surface area contributed by atoms with Crippen molar-refractivity contribution in [2.75, 3.05) is 32.6 Å². The van der Waals surface area contributed by atoms with Crippen molar-refractivity contribution < 1.29 is 19.1 Å². The first-order valence-electron chi connectivity index (χ1n) is 12.2. The molecular weight excluding hydrogens is 492 g/mol. The van der Waals surface area contributed by atoms with Crippen molar-refractivity contribution in [1.29, 1.82) is 0 Å². The highest BCUT2D eigenvalue weighted by molar-refractivity contribution is 6.30. The van der Waals surface area contributed by atoms with Gasteiger partial charge < -0.3 is 19.7 Å². The molecule has 0 atom stereocenters. The van der Waals surface area contributed by atoms with Crippen LogP contribution in [0.25, 0.3) is 5.69 Å². The number of halogens is 1. The second-order valence-corrected chi connectivity index (χ2v) is 10.2. The number of nitrogens with zero attached hydrogens (tertiary/aromatic N) is 3. The van der Waals surface area contributed by atoms with Crippen molar-refractivity contribution in [3.8, 4) is 17.2 Å². The van der Waals surface area contributed by atoms with Crippen LogP contribution in [-0.2, 0) is 10.2 Å². The number of ether oxygens (including phenoxy) is 2. The van der Waals surface area contributed by atoms with Gasteiger partial charge in [-0.05, 0) is 42.8 Å². The third-order valence-corrected chi connectivity index (χ3v) is 6.11. The van der Waals surface area contributed by atoms with Crippen LogP contribution in [0.2, 0.25) is 5.02 Å². The van der Waals surface area contributed by atoms with Gasteiger partial charge in [0.15, 0.2) is 0 Å². The smallest absolute Gasteiger partial charge is 0.258 e. The van der Waals surface area contributed by atoms with Gasteiger partial charge in [-0.25, -0.2) is 4.68 Å². The van der Waals surface area contributed by atoms with Crippen molar-refractivity contribution >= 4 is 29.2 Å². The van der Waals surface area contributed by atoms with Crippen LogP contribution >= 0.6 is 11.6 Å². The molecule has 0 spiro atoms. The van der Waals surface area contributed by atoms with Gasteiger partial charge in [0, 0.05) is 29.1 Å². The van der Waals surface area contributed by atoms with Crippen LogP contribution in [0.4, 0.5) is 5.82 Å². The van der Waals surface area contributed by atoms with E-state index in [0.29, 0.717) is 34.4 Å². The number of hydrogen-bond donors (Lipinski definition) is 1. The first-order valence-corrected chi connectivity index (χ1v) is 12.6. The fraction of sp³-hybridized carbons (Fsp3) is 0.393. The lowest BCUT2D eigenvalue weighted by atomic mass is 9.92. The Morgan fingerprint density at radius 1 is 1.05 bits per heavy atom. The van der Waals surface area contributed by atoms with Crippen molar-refractivity contribution in [2.45, 2.75) is 46.0 Å². The SMILES string of the molecule is CCCCN(CC(=O)Nc1cc(C(C)(C)C)nn1-c1ccc(Cl)cc1)C(=O)c1ccc(OC)cc1OC. The molecule has 2 amide bonds. The van der Waals surface area contributed by atoms with Gasteiger partial charge in [0.05, 0.1) is 31.2 Å². The number of rotatable bonds is 10. The number of unbranched alkanes of at least 4 members (excludes halogenated alkanes) is 1. The molecule has 0 aliphatic rings. The fourth-order valence-corrected chi connectivity index (χ4v) is 3.84. The maximum atomic E-state index is 13.5. The first kappa shape index (κ1) is 28.1. The minimum Gasteiger partial charge on any atom is -0.497 e. The minimum atomic E-state index is -0.326. The van der Waals surface area contributed by atoms with Gasteiger partial charge in [0.1, 0.15) is 23.9 Å². The lowest BCUT2D eigenvalue weighted by Crippen LogP contribution is -2.39. The second kappa shape index (κ2) is 12.1. The van der Waals surface area contributed by atoms with E-state index >= 15 is 0 Å². The summed E-state index contributed by atoms with van der Waals surface area (Å²) >= 11 is 6.07. The standard InChI is InChI=1S/C28H35ClN4O4/c1-7-8-15-32(27(35)22-14-13-21(36-5)16-23(22)37-6)18-26(34)30-25-17-24(28(2,3)4)31-33(25)20-11-9-19(29)10-12-20/h9-14,16-17H,7-8,15,18H2,1-6H3,(H,30,34). The number of carbonyl (C=O) groups is 2. The Bertz CT molecular complexity index is 1230. The molecule has 0 saturated carbocycles. The summed E-state index contributed by atoms with van der Waals surface area (Å²) in [6.07, 6.45) is 1.64. The molecule has 0 fully saturated rings. The molecule has 0 aliphatic heterocycles. The summed E-state index contributed by atoms with van der Waals surface area (Å²) < 4.78 is 12.3. The van der Waals surface area contributed by atoms with Crippen LogP contribution in [0.5, 0.6) is 11.5 Å². The summed E-state index contributed by atoms with van der Waals surface area (Å²) in [5.74, 6) is 0.873. The third kappa shape index (κ3) is 7.04. The molecule has 1 N–H and O–H groups in total. The summed E-state index contributed by atoms with van der Waals surface area (Å²) in [5.41, 5.74) is 1.72. The van der Waals surface area contributed by atoms with E-state index in [1.165, 1.54) is 12.0 Å². The quantitative estimate of drug-likeness (QED) is 0.365. The van der Waals surface area contributed by atoms with Crippen LogP contribution in [0, 0.1) is 0 Å². The number of benzene rings is 2. The number of aromatic nitrogens is 2. The number of amides is 2. The molecule has 8 nitrogen and oxygen atoms in total. The maximum Gasteiger partial charge on any atom is 0.258 e. The molecule has 1 aromatic heterocycles. The van der Waals surface area contributed by atoms with Crippen molar-refractivity contribution in [1.82, 2.24) is 14.7 Å². The zero-order valence-corrected chi connectivity index (χ0v) is 23.1. The molecule has 0 saturated heterocycles. The van der Waals surface area contributed by atoms with Gasteiger partial charge in [-0.2, -0.15) is 5.10 Å². The highest BCUT2D eigenvalue weighted by atomic mass is 35.5. The Morgan fingerprint density at radius 2 is 1.76 bits per heavy atom. The van der Waals surface area contributed by atoms with Crippen LogP contribution in [0.15, 0.2) is 48.5 Å². The zero-order valence-electron chi connectivity index (χ0n) is 22.3. The number of carbonyl (C=O) groups excluding carboxylic acids is 2. The monoisotopic (exact) mass is 526 g/mol. The second-order valence-electron chi connectivity index (χ2n) is 9.75. The minimum absolute atomic E-state index is 0.120. The van der Waals surface area contributed by atoms with Gasteiger partial charge in [-0.1, -0.05) is 45.7 Å². The van der Waals surface area contributed by atoms with E-state index in [-0.39, 0.29) is 23.8 Å². The topological polar surface area (TPSA) is 85.7 Å². The summed E-state index contributed by atoms with van der Waals surface area (Å²) in [6, 6.07) is 14.1. The largest absolute Gasteiger partial charge is 0.497 e. The number of methoxy groups -OCH3 is 2. The van der Waals surface area contributed by atoms with Crippen molar-refractivity contribution in [2.24, 2.45) is 0 Å². The molecule has 1 heterocycles. The highest BCUT2D eigenvalue weighted by Gasteiger charge is 2.25. The summed E-state index contributed by atoms with van der Waals surface area (Å²) in [5, 5.41) is 8.30. The van der Waals surface area contributed by atoms with E-state index in [1.807, 2.05) is 25.1 Å². The van der Waals surface area contributed by atoms with Gasteiger partial charge in [0.25, 0.3) is 5.91 Å². The van der Waals surface area contributed by atoms with E-state index < -0.39 is 0 Å². The normalized spacial score (nSPS) is 11.2. The predicted octanol–water partition coefficient (Wildman–Crippen LogP) is 5.72. The molecule has 198 valence electrons. The van der Waals surface area contributed by atoms with Crippen molar-refractivity contribution in [3.05, 3.63) is 64.8 Å². The fourth-order valence-electron chi connectivity index (χ4n) is 3.72. The van der Waals surface area contributed by atoms with Gasteiger partial charge in [0.2, 0.25) is 5.91 Å². The van der Waals surface area contributed by atoms with E-state index in [9.17, 15) is 9.59 Å². The maximum absolute atomic E-state index is 13.5. The molecular formula is C28H35ClN4O4. The molecule has 3 aromatic rings. The number of hydrogen-bond acceptors (Lipinski definition) is 5. The molecule has 0 aliphatic carbocycles. The molecule has 3 rings (SSSR count). The van der Waals surface area contributed by atoms with Crippen LogP contribution in [0.1, 0.15) is 56.6 Å². The average Bonchev–Trinajstić information content (AvgIpc) is 3.30. The predicted molar refractivity (Wildman–Crippen MR) is 146 cm³/mol. The molecule has 2 aromatic carbocycles. The average molecular weight is 527 g/mol. The Labute approximate surface area is 223 Å². The van der Waals surface area contributed by atoms with Crippen LogP contribution in [-0.4, -0.2) is 53.8 Å². The van der Waals surface area contributed by atoms with Crippen LogP contribution in [0.3, 0.4) is 0 Å². The molecule has 37 heavy (non-hydrogen) atoms. The highest BCUT2D eigenvalue weighted by Crippen LogP contribution is 2.28. The lowest BCUT2D eigenvalue weighted by molar-refractivity contribution is -0.117. The lowest BCUT2D eigenvalue weighted by Gasteiger charge is -2.23. The number of nitrogens with one attached hydrogen (secondary N) is 1. The first-order chi connectivity index (χ1) is 17.6. The van der Waals surface area contributed by atoms with Gasteiger partial charge in [-0.15, -0.1) is 0 Å². The molecule has 9 heteroatoms.